The molecule has 0 spiro atoms. The Morgan fingerprint density at radius 3 is 1.94 bits per heavy atom. The second-order valence-corrected chi connectivity index (χ2v) is 10.7. The highest BCUT2D eigenvalue weighted by atomic mass is 16.6. The van der Waals surface area contributed by atoms with Crippen molar-refractivity contribution in [2.75, 3.05) is 0 Å². The molecule has 1 aromatic heterocycles. The zero-order valence-corrected chi connectivity index (χ0v) is 23.0. The predicted octanol–water partition coefficient (Wildman–Crippen LogP) is 7.26. The van der Waals surface area contributed by atoms with Crippen LogP contribution in [0.1, 0.15) is 130 Å². The van der Waals surface area contributed by atoms with Gasteiger partial charge in [0.15, 0.2) is 0 Å². The lowest BCUT2D eigenvalue weighted by Crippen LogP contribution is -2.46. The molecule has 0 fully saturated rings. The van der Waals surface area contributed by atoms with Gasteiger partial charge in [-0.2, -0.15) is 0 Å². The first-order chi connectivity index (χ1) is 16.7. The number of aromatic nitrogens is 2. The number of alkyl carbamates (subject to hydrolysis) is 1. The van der Waals surface area contributed by atoms with Crippen LogP contribution in [0.4, 0.5) is 4.79 Å². The molecule has 2 N–H and O–H groups in total. The normalized spacial score (nSPS) is 12.5. The summed E-state index contributed by atoms with van der Waals surface area (Å²) in [4.78, 5) is 32.6. The third-order valence-corrected chi connectivity index (χ3v) is 6.00. The molecule has 0 unspecified atom stereocenters. The van der Waals surface area contributed by atoms with E-state index in [0.717, 1.165) is 44.2 Å². The fourth-order valence-electron chi connectivity index (χ4n) is 4.07. The monoisotopic (exact) mass is 493 g/mol. The summed E-state index contributed by atoms with van der Waals surface area (Å²) in [5, 5.41) is 2.71. The SMILES string of the molecule is CCCCCCCCC(CCCCCCCC)OC(=O)[C@@H](Cc1cnc[nH]1)NC(=O)OC(C)(C)C. The molecule has 0 radical (unpaired) electrons. The molecule has 1 aromatic rings. The highest BCUT2D eigenvalue weighted by Crippen LogP contribution is 2.18. The number of esters is 1. The molecule has 0 aromatic carbocycles. The van der Waals surface area contributed by atoms with E-state index in [9.17, 15) is 9.59 Å². The molecule has 0 saturated carbocycles. The summed E-state index contributed by atoms with van der Waals surface area (Å²) in [7, 11) is 0. The molecule has 7 heteroatoms. The van der Waals surface area contributed by atoms with Gasteiger partial charge in [-0.15, -0.1) is 0 Å². The van der Waals surface area contributed by atoms with Crippen LogP contribution in [0.5, 0.6) is 0 Å². The number of ether oxygens (including phenoxy) is 2. The van der Waals surface area contributed by atoms with Crippen LogP contribution in [0.25, 0.3) is 0 Å². The van der Waals surface area contributed by atoms with E-state index in [-0.39, 0.29) is 12.5 Å². The number of H-pyrrole nitrogens is 1. The summed E-state index contributed by atoms with van der Waals surface area (Å²) in [5.74, 6) is -0.410. The highest BCUT2D eigenvalue weighted by Gasteiger charge is 2.28. The van der Waals surface area contributed by atoms with Crippen molar-refractivity contribution in [1.82, 2.24) is 15.3 Å². The van der Waals surface area contributed by atoms with E-state index in [4.69, 9.17) is 9.47 Å². The molecule has 35 heavy (non-hydrogen) atoms. The number of imidazole rings is 1. The van der Waals surface area contributed by atoms with Gasteiger partial charge in [-0.3, -0.25) is 0 Å². The van der Waals surface area contributed by atoms with Crippen molar-refractivity contribution in [2.45, 2.75) is 149 Å². The lowest BCUT2D eigenvalue weighted by Gasteiger charge is -2.25. The van der Waals surface area contributed by atoms with E-state index in [2.05, 4.69) is 29.1 Å². The molecule has 0 aliphatic carbocycles. The first-order valence-corrected chi connectivity index (χ1v) is 13.9. The minimum atomic E-state index is -0.832. The maximum atomic E-state index is 13.2. The minimum absolute atomic E-state index is 0.121. The fraction of sp³-hybridized carbons (Fsp3) is 0.821. The molecule has 1 amide bonds. The second kappa shape index (κ2) is 18.3. The number of rotatable bonds is 19. The molecule has 1 atom stereocenters. The largest absolute Gasteiger partial charge is 0.461 e. The number of nitrogens with one attached hydrogen (secondary N) is 2. The zero-order valence-electron chi connectivity index (χ0n) is 23.0. The number of amides is 1. The Hall–Kier alpha value is -2.05. The van der Waals surface area contributed by atoms with Crippen molar-refractivity contribution in [2.24, 2.45) is 0 Å². The van der Waals surface area contributed by atoms with Crippen molar-refractivity contribution in [1.29, 1.82) is 0 Å². The Morgan fingerprint density at radius 2 is 1.46 bits per heavy atom. The van der Waals surface area contributed by atoms with Crippen molar-refractivity contribution in [3.05, 3.63) is 18.2 Å². The standard InChI is InChI=1S/C28H51N3O4/c1-6-8-10-12-14-16-18-24(19-17-15-13-11-9-7-2)34-26(32)25(20-23-21-29-22-30-23)31-27(33)35-28(3,4)5/h21-22,24-25H,6-20H2,1-5H3,(H,29,30)(H,31,33)/t25-/m1/s1. The van der Waals surface area contributed by atoms with Crippen molar-refractivity contribution in [3.63, 3.8) is 0 Å². The Morgan fingerprint density at radius 1 is 0.914 bits per heavy atom. The summed E-state index contributed by atoms with van der Waals surface area (Å²) < 4.78 is 11.4. The molecule has 0 saturated heterocycles. The van der Waals surface area contributed by atoms with E-state index in [1.807, 2.05) is 0 Å². The van der Waals surface area contributed by atoms with Crippen LogP contribution in [0.2, 0.25) is 0 Å². The number of carbonyl (C=O) groups is 2. The van der Waals surface area contributed by atoms with Crippen molar-refractivity contribution >= 4 is 12.1 Å². The lowest BCUT2D eigenvalue weighted by atomic mass is 10.0. The predicted molar refractivity (Wildman–Crippen MR) is 141 cm³/mol. The summed E-state index contributed by atoms with van der Waals surface area (Å²) in [5.41, 5.74) is 0.108. The van der Waals surface area contributed by atoms with Crippen molar-refractivity contribution < 1.29 is 19.1 Å². The van der Waals surface area contributed by atoms with E-state index < -0.39 is 23.7 Å². The van der Waals surface area contributed by atoms with Crippen LogP contribution >= 0.6 is 0 Å². The number of aromatic amines is 1. The van der Waals surface area contributed by atoms with Crippen LogP contribution in [0, 0.1) is 0 Å². The average molecular weight is 494 g/mol. The maximum absolute atomic E-state index is 13.2. The summed E-state index contributed by atoms with van der Waals surface area (Å²) in [6, 6.07) is -0.832. The van der Waals surface area contributed by atoms with Gasteiger partial charge in [-0.05, 0) is 46.5 Å². The number of hydrogen-bond acceptors (Lipinski definition) is 5. The van der Waals surface area contributed by atoms with Gasteiger partial charge in [-0.25, -0.2) is 14.6 Å². The summed E-state index contributed by atoms with van der Waals surface area (Å²) in [6.45, 7) is 9.84. The van der Waals surface area contributed by atoms with E-state index in [1.54, 1.807) is 33.3 Å². The van der Waals surface area contributed by atoms with Crippen LogP contribution in [-0.4, -0.2) is 39.8 Å². The number of nitrogens with zero attached hydrogens (tertiary/aromatic N) is 1. The van der Waals surface area contributed by atoms with Crippen molar-refractivity contribution in [3.8, 4) is 0 Å². The molecule has 1 heterocycles. The Kier molecular flexibility index (Phi) is 16.2. The third-order valence-electron chi connectivity index (χ3n) is 6.00. The fourth-order valence-corrected chi connectivity index (χ4v) is 4.07. The maximum Gasteiger partial charge on any atom is 0.408 e. The van der Waals surface area contributed by atoms with E-state index >= 15 is 0 Å². The molecule has 0 aliphatic heterocycles. The van der Waals surface area contributed by atoms with Gasteiger partial charge in [0.2, 0.25) is 0 Å². The topological polar surface area (TPSA) is 93.3 Å². The van der Waals surface area contributed by atoms with Crippen LogP contribution in [0.15, 0.2) is 12.5 Å². The van der Waals surface area contributed by atoms with Crippen LogP contribution in [-0.2, 0) is 20.7 Å². The van der Waals surface area contributed by atoms with E-state index in [1.165, 1.54) is 51.4 Å². The lowest BCUT2D eigenvalue weighted by molar-refractivity contribution is -0.152. The quantitative estimate of drug-likeness (QED) is 0.156. The molecular formula is C28H51N3O4. The molecule has 1 rings (SSSR count). The molecule has 0 bridgehead atoms. The molecular weight excluding hydrogens is 442 g/mol. The highest BCUT2D eigenvalue weighted by molar-refractivity contribution is 5.81. The number of carbonyl (C=O) groups excluding carboxylic acids is 2. The Bertz CT molecular complexity index is 654. The zero-order chi connectivity index (χ0) is 25.9. The van der Waals surface area contributed by atoms with Gasteiger partial charge >= 0.3 is 12.1 Å². The van der Waals surface area contributed by atoms with Gasteiger partial charge in [0, 0.05) is 18.3 Å². The van der Waals surface area contributed by atoms with Gasteiger partial charge in [-0.1, -0.05) is 78.1 Å². The average Bonchev–Trinajstić information content (AvgIpc) is 3.29. The van der Waals surface area contributed by atoms with Gasteiger partial charge in [0.1, 0.15) is 17.7 Å². The van der Waals surface area contributed by atoms with Gasteiger partial charge < -0.3 is 19.8 Å². The number of hydrogen-bond donors (Lipinski definition) is 2. The molecule has 202 valence electrons. The Labute approximate surface area is 213 Å². The third kappa shape index (κ3) is 16.3. The minimum Gasteiger partial charge on any atom is -0.461 e. The van der Waals surface area contributed by atoms with Crippen LogP contribution in [0.3, 0.4) is 0 Å². The Balaban J connectivity index is 2.71. The summed E-state index contributed by atoms with van der Waals surface area (Å²) in [6.07, 6.45) is 19.0. The molecule has 0 aliphatic rings. The van der Waals surface area contributed by atoms with Crippen LogP contribution < -0.4 is 5.32 Å². The first kappa shape index (κ1) is 31.0. The number of unbranched alkanes of at least 4 members (excludes halogenated alkanes) is 10. The second-order valence-electron chi connectivity index (χ2n) is 10.7. The smallest absolute Gasteiger partial charge is 0.408 e. The first-order valence-electron chi connectivity index (χ1n) is 13.9. The van der Waals surface area contributed by atoms with E-state index in [0.29, 0.717) is 0 Å². The molecule has 7 nitrogen and oxygen atoms in total. The summed E-state index contributed by atoms with van der Waals surface area (Å²) >= 11 is 0. The van der Waals surface area contributed by atoms with Gasteiger partial charge in [0.05, 0.1) is 6.33 Å². The van der Waals surface area contributed by atoms with Gasteiger partial charge in [0.25, 0.3) is 0 Å².